The number of carbonyl (C=O) groups excluding carboxylic acids is 1. The van der Waals surface area contributed by atoms with E-state index in [1.807, 2.05) is 18.4 Å². The topological polar surface area (TPSA) is 76.2 Å². The number of methoxy groups -OCH3 is 2. The molecule has 0 aliphatic carbocycles. The molecule has 0 aliphatic rings. The number of nitrogens with zero attached hydrogens (tertiary/aromatic N) is 2. The fraction of sp³-hybridized carbons (Fsp3) is 0.269. The molecule has 0 unspecified atom stereocenters. The minimum atomic E-state index is -3.73. The number of rotatable bonds is 10. The van der Waals surface area contributed by atoms with Gasteiger partial charge in [-0.25, -0.2) is 8.42 Å². The van der Waals surface area contributed by atoms with Crippen LogP contribution in [0.25, 0.3) is 0 Å². The molecule has 0 aromatic heterocycles. The van der Waals surface area contributed by atoms with E-state index in [2.05, 4.69) is 0 Å². The summed E-state index contributed by atoms with van der Waals surface area (Å²) in [5.41, 5.74) is 1.86. The summed E-state index contributed by atoms with van der Waals surface area (Å²) in [6.45, 7) is 2.42. The van der Waals surface area contributed by atoms with Crippen LogP contribution < -0.4 is 13.8 Å². The quantitative estimate of drug-likeness (QED) is 0.358. The normalized spacial score (nSPS) is 11.1. The summed E-state index contributed by atoms with van der Waals surface area (Å²) in [7, 11) is 1.13. The molecule has 0 fully saturated rings. The third-order valence-electron chi connectivity index (χ3n) is 5.55. The Hall–Kier alpha value is -3.17. The average Bonchev–Trinajstić information content (AvgIpc) is 2.88. The summed E-state index contributed by atoms with van der Waals surface area (Å²) >= 11 is 1.55. The van der Waals surface area contributed by atoms with Gasteiger partial charge < -0.3 is 14.4 Å². The van der Waals surface area contributed by atoms with Crippen LogP contribution in [-0.2, 0) is 16.6 Å². The lowest BCUT2D eigenvalue weighted by Crippen LogP contribution is -2.31. The zero-order valence-electron chi connectivity index (χ0n) is 20.5. The number of amides is 1. The number of hydrogen-bond acceptors (Lipinski definition) is 6. The number of sulfonamides is 1. The molecule has 0 aliphatic heterocycles. The summed E-state index contributed by atoms with van der Waals surface area (Å²) in [6, 6.07) is 19.0. The SMILES string of the molecule is CCN(c1ccc(C(=O)N(C)Cc2ccc(OC)c(OC)c2)cc1)S(=O)(=O)c1ccc(SC)cc1. The molecule has 0 atom stereocenters. The highest BCUT2D eigenvalue weighted by molar-refractivity contribution is 7.98. The second-order valence-electron chi connectivity index (χ2n) is 7.74. The van der Waals surface area contributed by atoms with E-state index in [9.17, 15) is 13.2 Å². The molecule has 35 heavy (non-hydrogen) atoms. The first-order chi connectivity index (χ1) is 16.7. The lowest BCUT2D eigenvalue weighted by Gasteiger charge is -2.24. The van der Waals surface area contributed by atoms with Crippen molar-refractivity contribution in [2.24, 2.45) is 0 Å². The average molecular weight is 515 g/mol. The number of benzene rings is 3. The molecule has 0 spiro atoms. The number of carbonyl (C=O) groups is 1. The van der Waals surface area contributed by atoms with Crippen molar-refractivity contribution in [1.82, 2.24) is 4.90 Å². The molecule has 0 radical (unpaired) electrons. The van der Waals surface area contributed by atoms with Crippen LogP contribution in [0.15, 0.2) is 76.5 Å². The zero-order chi connectivity index (χ0) is 25.6. The molecule has 0 saturated carbocycles. The molecular formula is C26H30N2O5S2. The predicted octanol–water partition coefficient (Wildman–Crippen LogP) is 4.91. The summed E-state index contributed by atoms with van der Waals surface area (Å²) in [5, 5.41) is 0. The lowest BCUT2D eigenvalue weighted by atomic mass is 10.1. The first kappa shape index (κ1) is 26.4. The van der Waals surface area contributed by atoms with Gasteiger partial charge >= 0.3 is 0 Å². The van der Waals surface area contributed by atoms with Crippen molar-refractivity contribution < 1.29 is 22.7 Å². The van der Waals surface area contributed by atoms with E-state index >= 15 is 0 Å². The fourth-order valence-electron chi connectivity index (χ4n) is 3.68. The Morgan fingerprint density at radius 3 is 2.09 bits per heavy atom. The van der Waals surface area contributed by atoms with Gasteiger partial charge in [0.1, 0.15) is 0 Å². The minimum absolute atomic E-state index is 0.176. The minimum Gasteiger partial charge on any atom is -0.493 e. The van der Waals surface area contributed by atoms with Gasteiger partial charge in [-0.2, -0.15) is 0 Å². The highest BCUT2D eigenvalue weighted by Gasteiger charge is 2.24. The van der Waals surface area contributed by atoms with Crippen LogP contribution in [0.1, 0.15) is 22.8 Å². The van der Waals surface area contributed by atoms with Crippen molar-refractivity contribution in [3.8, 4) is 11.5 Å². The van der Waals surface area contributed by atoms with Gasteiger partial charge in [0.2, 0.25) is 0 Å². The summed E-state index contributed by atoms with van der Waals surface area (Å²) in [5.74, 6) is 1.04. The maximum absolute atomic E-state index is 13.2. The molecule has 0 saturated heterocycles. The Labute approximate surface area is 211 Å². The second-order valence-corrected chi connectivity index (χ2v) is 10.5. The largest absolute Gasteiger partial charge is 0.493 e. The van der Waals surface area contributed by atoms with E-state index in [1.54, 1.807) is 99.5 Å². The number of hydrogen-bond donors (Lipinski definition) is 0. The highest BCUT2D eigenvalue weighted by Crippen LogP contribution is 2.29. The summed E-state index contributed by atoms with van der Waals surface area (Å²) in [6.07, 6.45) is 1.94. The third kappa shape index (κ3) is 5.91. The molecule has 3 rings (SSSR count). The van der Waals surface area contributed by atoms with Crippen LogP contribution in [0.3, 0.4) is 0 Å². The van der Waals surface area contributed by atoms with Crippen molar-refractivity contribution >= 4 is 33.4 Å². The molecule has 186 valence electrons. The van der Waals surface area contributed by atoms with Crippen molar-refractivity contribution in [3.63, 3.8) is 0 Å². The fourth-order valence-corrected chi connectivity index (χ4v) is 5.56. The Bertz CT molecular complexity index is 1260. The maximum atomic E-state index is 13.2. The molecule has 3 aromatic rings. The van der Waals surface area contributed by atoms with E-state index in [0.29, 0.717) is 29.3 Å². The van der Waals surface area contributed by atoms with E-state index in [-0.39, 0.29) is 17.3 Å². The van der Waals surface area contributed by atoms with E-state index in [0.717, 1.165) is 10.5 Å². The Kier molecular flexibility index (Phi) is 8.69. The molecule has 3 aromatic carbocycles. The molecule has 0 N–H and O–H groups in total. The second kappa shape index (κ2) is 11.5. The Balaban J connectivity index is 1.77. The predicted molar refractivity (Wildman–Crippen MR) is 140 cm³/mol. The summed E-state index contributed by atoms with van der Waals surface area (Å²) < 4.78 is 38.4. The van der Waals surface area contributed by atoms with Gasteiger partial charge in [-0.3, -0.25) is 9.10 Å². The van der Waals surface area contributed by atoms with E-state index < -0.39 is 10.0 Å². The van der Waals surface area contributed by atoms with Gasteiger partial charge in [-0.1, -0.05) is 6.07 Å². The van der Waals surface area contributed by atoms with Crippen LogP contribution in [0.5, 0.6) is 11.5 Å². The van der Waals surface area contributed by atoms with E-state index in [4.69, 9.17) is 9.47 Å². The van der Waals surface area contributed by atoms with Gasteiger partial charge in [0.05, 0.1) is 24.8 Å². The molecule has 7 nitrogen and oxygen atoms in total. The van der Waals surface area contributed by atoms with Gasteiger partial charge in [-0.05, 0) is 79.4 Å². The van der Waals surface area contributed by atoms with Crippen molar-refractivity contribution in [2.45, 2.75) is 23.3 Å². The van der Waals surface area contributed by atoms with Gasteiger partial charge in [0, 0.05) is 30.6 Å². The van der Waals surface area contributed by atoms with Crippen molar-refractivity contribution in [3.05, 3.63) is 77.9 Å². The molecule has 0 heterocycles. The number of thioether (sulfide) groups is 1. The number of anilines is 1. The van der Waals surface area contributed by atoms with Crippen LogP contribution in [-0.4, -0.2) is 53.3 Å². The van der Waals surface area contributed by atoms with E-state index in [1.165, 1.54) is 4.31 Å². The smallest absolute Gasteiger partial charge is 0.264 e. The Morgan fingerprint density at radius 2 is 1.54 bits per heavy atom. The van der Waals surface area contributed by atoms with Crippen LogP contribution in [0.4, 0.5) is 5.69 Å². The monoisotopic (exact) mass is 514 g/mol. The lowest BCUT2D eigenvalue weighted by molar-refractivity contribution is 0.0785. The first-order valence-electron chi connectivity index (χ1n) is 11.0. The maximum Gasteiger partial charge on any atom is 0.264 e. The summed E-state index contributed by atoms with van der Waals surface area (Å²) in [4.78, 5) is 15.8. The van der Waals surface area contributed by atoms with Crippen LogP contribution >= 0.6 is 11.8 Å². The third-order valence-corrected chi connectivity index (χ3v) is 8.21. The van der Waals surface area contributed by atoms with Crippen LogP contribution in [0, 0.1) is 0 Å². The molecular weight excluding hydrogens is 484 g/mol. The highest BCUT2D eigenvalue weighted by atomic mass is 32.2. The Morgan fingerprint density at radius 1 is 0.914 bits per heavy atom. The van der Waals surface area contributed by atoms with Gasteiger partial charge in [-0.15, -0.1) is 11.8 Å². The van der Waals surface area contributed by atoms with Crippen molar-refractivity contribution in [1.29, 1.82) is 0 Å². The van der Waals surface area contributed by atoms with Crippen molar-refractivity contribution in [2.75, 3.05) is 38.4 Å². The van der Waals surface area contributed by atoms with Crippen LogP contribution in [0.2, 0.25) is 0 Å². The zero-order valence-corrected chi connectivity index (χ0v) is 22.2. The van der Waals surface area contributed by atoms with Gasteiger partial charge in [0.25, 0.3) is 15.9 Å². The first-order valence-corrected chi connectivity index (χ1v) is 13.6. The molecule has 0 bridgehead atoms. The molecule has 9 heteroatoms. The van der Waals surface area contributed by atoms with Gasteiger partial charge in [0.15, 0.2) is 11.5 Å². The standard InChI is InChI=1S/C26H30N2O5S2/c1-6-28(35(30,31)23-14-12-22(34-5)13-15-23)21-10-8-20(9-11-21)26(29)27(2)18-19-7-16-24(32-3)25(17-19)33-4/h7-17H,6,18H2,1-5H3. The number of ether oxygens (including phenoxy) is 2. The molecule has 1 amide bonds.